The Morgan fingerprint density at radius 3 is 2.55 bits per heavy atom. The second-order valence-electron chi connectivity index (χ2n) is 5.83. The normalized spacial score (nSPS) is 15.1. The topological polar surface area (TPSA) is 67.2 Å². The van der Waals surface area contributed by atoms with Gasteiger partial charge in [-0.1, -0.05) is 30.3 Å². The smallest absolute Gasteiger partial charge is 0.251 e. The molecule has 0 aliphatic heterocycles. The third-order valence-corrected chi connectivity index (χ3v) is 3.90. The van der Waals surface area contributed by atoms with E-state index in [4.69, 9.17) is 5.73 Å². The molecule has 4 nitrogen and oxygen atoms in total. The first kappa shape index (κ1) is 14.4. The van der Waals surface area contributed by atoms with Crippen LogP contribution in [0.15, 0.2) is 48.5 Å². The zero-order valence-electron chi connectivity index (χ0n) is 12.7. The van der Waals surface area contributed by atoms with Crippen LogP contribution in [0.2, 0.25) is 0 Å². The number of nitrogens with one attached hydrogen (secondary N) is 2. The van der Waals surface area contributed by atoms with Crippen LogP contribution in [0.25, 0.3) is 0 Å². The molecule has 4 N–H and O–H groups in total. The summed E-state index contributed by atoms with van der Waals surface area (Å²) in [5.74, 6) is -0.0446. The van der Waals surface area contributed by atoms with E-state index in [-0.39, 0.29) is 11.9 Å². The van der Waals surface area contributed by atoms with E-state index in [9.17, 15) is 4.79 Å². The van der Waals surface area contributed by atoms with E-state index in [0.29, 0.717) is 17.3 Å². The van der Waals surface area contributed by atoms with Gasteiger partial charge in [-0.15, -0.1) is 0 Å². The highest BCUT2D eigenvalue weighted by Gasteiger charge is 2.24. The largest absolute Gasteiger partial charge is 0.397 e. The maximum Gasteiger partial charge on any atom is 0.251 e. The molecule has 1 atom stereocenters. The monoisotopic (exact) mass is 295 g/mol. The van der Waals surface area contributed by atoms with E-state index < -0.39 is 0 Å². The van der Waals surface area contributed by atoms with Crippen LogP contribution in [0, 0.1) is 0 Å². The van der Waals surface area contributed by atoms with E-state index in [1.165, 1.54) is 5.56 Å². The number of amides is 1. The van der Waals surface area contributed by atoms with Crippen LogP contribution in [-0.4, -0.2) is 11.9 Å². The fraction of sp³-hybridized carbons (Fsp3) is 0.278. The Labute approximate surface area is 130 Å². The molecule has 114 valence electrons. The lowest BCUT2D eigenvalue weighted by Gasteiger charge is -2.17. The molecule has 0 heterocycles. The third-order valence-electron chi connectivity index (χ3n) is 3.90. The Hall–Kier alpha value is -2.49. The molecule has 1 saturated carbocycles. The van der Waals surface area contributed by atoms with Gasteiger partial charge in [-0.3, -0.25) is 4.79 Å². The minimum absolute atomic E-state index is 0.0446. The molecule has 0 saturated heterocycles. The van der Waals surface area contributed by atoms with Gasteiger partial charge in [0, 0.05) is 17.6 Å². The third kappa shape index (κ3) is 3.39. The Bertz CT molecular complexity index is 665. The molecule has 4 heteroatoms. The van der Waals surface area contributed by atoms with E-state index in [2.05, 4.69) is 29.7 Å². The predicted molar refractivity (Wildman–Crippen MR) is 89.8 cm³/mol. The van der Waals surface area contributed by atoms with Crippen LogP contribution in [0.1, 0.15) is 41.7 Å². The van der Waals surface area contributed by atoms with Crippen molar-refractivity contribution < 1.29 is 4.79 Å². The summed E-state index contributed by atoms with van der Waals surface area (Å²) in [4.78, 5) is 12.0. The van der Waals surface area contributed by atoms with Crippen LogP contribution >= 0.6 is 0 Å². The summed E-state index contributed by atoms with van der Waals surface area (Å²) in [6, 6.07) is 16.1. The molecule has 0 spiro atoms. The molecule has 1 amide bonds. The molecular formula is C18H21N3O. The number of nitrogen functional groups attached to an aromatic ring is 1. The maximum atomic E-state index is 12.0. The Morgan fingerprint density at radius 2 is 1.91 bits per heavy atom. The van der Waals surface area contributed by atoms with Crippen LogP contribution in [0.5, 0.6) is 0 Å². The minimum atomic E-state index is -0.0446. The highest BCUT2D eigenvalue weighted by Crippen LogP contribution is 2.26. The van der Waals surface area contributed by atoms with Crippen molar-refractivity contribution in [2.24, 2.45) is 0 Å². The number of carbonyl (C=O) groups excluding carboxylic acids is 1. The number of rotatable bonds is 5. The molecule has 1 fully saturated rings. The van der Waals surface area contributed by atoms with Crippen molar-refractivity contribution in [1.29, 1.82) is 0 Å². The number of anilines is 2. The first-order valence-corrected chi connectivity index (χ1v) is 7.65. The quantitative estimate of drug-likeness (QED) is 0.741. The molecule has 2 aromatic carbocycles. The maximum absolute atomic E-state index is 12.0. The summed E-state index contributed by atoms with van der Waals surface area (Å²) >= 11 is 0. The fourth-order valence-corrected chi connectivity index (χ4v) is 2.39. The predicted octanol–water partition coefficient (Wildman–Crippen LogP) is 3.33. The first-order chi connectivity index (χ1) is 10.6. The molecule has 1 unspecified atom stereocenters. The van der Waals surface area contributed by atoms with Crippen molar-refractivity contribution in [2.45, 2.75) is 31.8 Å². The van der Waals surface area contributed by atoms with Crippen molar-refractivity contribution in [3.8, 4) is 0 Å². The second kappa shape index (κ2) is 6.10. The number of nitrogens with two attached hydrogens (primary N) is 1. The number of hydrogen-bond donors (Lipinski definition) is 3. The summed E-state index contributed by atoms with van der Waals surface area (Å²) in [5, 5.41) is 6.36. The summed E-state index contributed by atoms with van der Waals surface area (Å²) < 4.78 is 0. The number of hydrogen-bond acceptors (Lipinski definition) is 3. The molecule has 0 radical (unpaired) electrons. The van der Waals surface area contributed by atoms with E-state index >= 15 is 0 Å². The summed E-state index contributed by atoms with van der Waals surface area (Å²) in [7, 11) is 0. The van der Waals surface area contributed by atoms with Gasteiger partial charge in [-0.25, -0.2) is 0 Å². The summed E-state index contributed by atoms with van der Waals surface area (Å²) in [6.45, 7) is 2.09. The standard InChI is InChI=1S/C18H21N3O/c1-12(13-5-3-2-4-6-13)20-17-10-7-14(11-16(17)19)18(22)21-15-8-9-15/h2-7,10-12,15,20H,8-9,19H2,1H3,(H,21,22). The second-order valence-corrected chi connectivity index (χ2v) is 5.83. The molecule has 1 aliphatic carbocycles. The van der Waals surface area contributed by atoms with E-state index in [1.807, 2.05) is 30.3 Å². The fourth-order valence-electron chi connectivity index (χ4n) is 2.39. The number of carbonyl (C=O) groups is 1. The highest BCUT2D eigenvalue weighted by molar-refractivity contribution is 5.96. The van der Waals surface area contributed by atoms with Gasteiger partial charge in [0.2, 0.25) is 0 Å². The van der Waals surface area contributed by atoms with Gasteiger partial charge in [0.25, 0.3) is 5.91 Å². The van der Waals surface area contributed by atoms with Crippen molar-refractivity contribution in [1.82, 2.24) is 5.32 Å². The lowest BCUT2D eigenvalue weighted by molar-refractivity contribution is 0.0951. The first-order valence-electron chi connectivity index (χ1n) is 7.65. The zero-order valence-corrected chi connectivity index (χ0v) is 12.7. The zero-order chi connectivity index (χ0) is 15.5. The van der Waals surface area contributed by atoms with Gasteiger partial charge in [-0.05, 0) is 43.5 Å². The minimum Gasteiger partial charge on any atom is -0.397 e. The molecule has 3 rings (SSSR count). The van der Waals surface area contributed by atoms with E-state index in [0.717, 1.165) is 18.5 Å². The molecule has 22 heavy (non-hydrogen) atoms. The van der Waals surface area contributed by atoms with Crippen molar-refractivity contribution in [3.63, 3.8) is 0 Å². The van der Waals surface area contributed by atoms with E-state index in [1.54, 1.807) is 6.07 Å². The molecule has 0 aromatic heterocycles. The summed E-state index contributed by atoms with van der Waals surface area (Å²) in [5.41, 5.74) is 9.33. The van der Waals surface area contributed by atoms with Gasteiger partial charge in [0.05, 0.1) is 11.4 Å². The van der Waals surface area contributed by atoms with Crippen molar-refractivity contribution >= 4 is 17.3 Å². The van der Waals surface area contributed by atoms with Crippen molar-refractivity contribution in [3.05, 3.63) is 59.7 Å². The lowest BCUT2D eigenvalue weighted by Crippen LogP contribution is -2.25. The van der Waals surface area contributed by atoms with Gasteiger partial charge in [0.1, 0.15) is 0 Å². The lowest BCUT2D eigenvalue weighted by atomic mass is 10.1. The van der Waals surface area contributed by atoms with Gasteiger partial charge in [-0.2, -0.15) is 0 Å². The Morgan fingerprint density at radius 1 is 1.18 bits per heavy atom. The van der Waals surface area contributed by atoms with Crippen LogP contribution in [-0.2, 0) is 0 Å². The highest BCUT2D eigenvalue weighted by atomic mass is 16.1. The van der Waals surface area contributed by atoms with Crippen LogP contribution in [0.3, 0.4) is 0 Å². The van der Waals surface area contributed by atoms with Gasteiger partial charge >= 0.3 is 0 Å². The van der Waals surface area contributed by atoms with Gasteiger partial charge in [0.15, 0.2) is 0 Å². The van der Waals surface area contributed by atoms with Crippen molar-refractivity contribution in [2.75, 3.05) is 11.1 Å². The average molecular weight is 295 g/mol. The molecule has 2 aromatic rings. The van der Waals surface area contributed by atoms with Crippen LogP contribution < -0.4 is 16.4 Å². The number of benzene rings is 2. The average Bonchev–Trinajstić information content (AvgIpc) is 3.34. The Kier molecular flexibility index (Phi) is 4.00. The van der Waals surface area contributed by atoms with Gasteiger partial charge < -0.3 is 16.4 Å². The Balaban J connectivity index is 1.70. The summed E-state index contributed by atoms with van der Waals surface area (Å²) in [6.07, 6.45) is 2.16. The molecule has 0 bridgehead atoms. The SMILES string of the molecule is CC(Nc1ccc(C(=O)NC2CC2)cc1N)c1ccccc1. The van der Waals surface area contributed by atoms with Crippen LogP contribution in [0.4, 0.5) is 11.4 Å². The molecule has 1 aliphatic rings. The molecular weight excluding hydrogens is 274 g/mol.